The molecule has 2 aromatic carbocycles. The van der Waals surface area contributed by atoms with Gasteiger partial charge in [-0.25, -0.2) is 4.79 Å². The first-order chi connectivity index (χ1) is 13.0. The van der Waals surface area contributed by atoms with E-state index in [2.05, 4.69) is 4.98 Å². The Balaban J connectivity index is 1.86. The smallest absolute Gasteiger partial charge is 0.340 e. The van der Waals surface area contributed by atoms with Crippen molar-refractivity contribution in [3.8, 4) is 16.9 Å². The van der Waals surface area contributed by atoms with Crippen LogP contribution in [0.3, 0.4) is 0 Å². The van der Waals surface area contributed by atoms with E-state index in [1.165, 1.54) is 7.11 Å². The van der Waals surface area contributed by atoms with Gasteiger partial charge in [0.15, 0.2) is 0 Å². The molecule has 1 fully saturated rings. The normalized spacial score (nSPS) is 15.4. The molecule has 1 heterocycles. The maximum atomic E-state index is 12.0. The molecule has 6 heteroatoms. The zero-order chi connectivity index (χ0) is 19.2. The number of H-pyrrole nitrogens is 1. The minimum Gasteiger partial charge on any atom is -0.496 e. The highest BCUT2D eigenvalue weighted by atomic mass is 35.5. The second kappa shape index (κ2) is 6.59. The van der Waals surface area contributed by atoms with Gasteiger partial charge in [0.05, 0.1) is 30.4 Å². The first-order valence-electron chi connectivity index (χ1n) is 8.77. The van der Waals surface area contributed by atoms with Gasteiger partial charge in [0.2, 0.25) is 0 Å². The Kier molecular flexibility index (Phi) is 4.36. The van der Waals surface area contributed by atoms with Crippen molar-refractivity contribution in [3.63, 3.8) is 0 Å². The van der Waals surface area contributed by atoms with E-state index in [9.17, 15) is 9.90 Å². The van der Waals surface area contributed by atoms with Crippen LogP contribution >= 0.6 is 11.6 Å². The molecule has 140 valence electrons. The molecule has 0 radical (unpaired) electrons. The number of esters is 1. The Labute approximate surface area is 161 Å². The number of aromatic nitrogens is 1. The van der Waals surface area contributed by atoms with E-state index >= 15 is 0 Å². The molecule has 1 aromatic heterocycles. The van der Waals surface area contributed by atoms with E-state index in [0.29, 0.717) is 16.3 Å². The lowest BCUT2D eigenvalue weighted by Gasteiger charge is -2.37. The third-order valence-electron chi connectivity index (χ3n) is 5.38. The summed E-state index contributed by atoms with van der Waals surface area (Å²) in [7, 11) is 2.95. The Morgan fingerprint density at radius 3 is 2.59 bits per heavy atom. The van der Waals surface area contributed by atoms with E-state index < -0.39 is 11.6 Å². The molecule has 0 unspecified atom stereocenters. The topological polar surface area (TPSA) is 71.6 Å². The highest BCUT2D eigenvalue weighted by Crippen LogP contribution is 2.45. The van der Waals surface area contributed by atoms with Crippen LogP contribution in [0.5, 0.6) is 5.75 Å². The number of nitrogens with one attached hydrogen (secondary N) is 1. The molecule has 2 N–H and O–H groups in total. The minimum atomic E-state index is -0.766. The SMILES string of the molecule is COC(=O)c1c[nH]c2cc(Cl)c(-c3ccc(C4(O)CCC4)cc3OC)cc12. The van der Waals surface area contributed by atoms with Gasteiger partial charge in [-0.3, -0.25) is 0 Å². The van der Waals surface area contributed by atoms with Crippen LogP contribution in [0.4, 0.5) is 0 Å². The molecule has 1 saturated carbocycles. The Hall–Kier alpha value is -2.50. The average Bonchev–Trinajstić information content (AvgIpc) is 3.06. The largest absolute Gasteiger partial charge is 0.496 e. The van der Waals surface area contributed by atoms with Gasteiger partial charge < -0.3 is 19.6 Å². The van der Waals surface area contributed by atoms with Crippen LogP contribution < -0.4 is 4.74 Å². The van der Waals surface area contributed by atoms with Crippen LogP contribution in [0, 0.1) is 0 Å². The molecule has 0 amide bonds. The van der Waals surface area contributed by atoms with E-state index in [-0.39, 0.29) is 0 Å². The van der Waals surface area contributed by atoms with Crippen LogP contribution in [0.1, 0.15) is 35.2 Å². The number of aromatic amines is 1. The summed E-state index contributed by atoms with van der Waals surface area (Å²) >= 11 is 6.52. The van der Waals surface area contributed by atoms with Crippen LogP contribution in [-0.2, 0) is 10.3 Å². The summed E-state index contributed by atoms with van der Waals surface area (Å²) in [6.45, 7) is 0. The summed E-state index contributed by atoms with van der Waals surface area (Å²) in [6.07, 6.45) is 4.15. The van der Waals surface area contributed by atoms with Crippen molar-refractivity contribution in [1.29, 1.82) is 0 Å². The Bertz CT molecular complexity index is 1040. The Morgan fingerprint density at radius 1 is 1.19 bits per heavy atom. The fraction of sp³-hybridized carbons (Fsp3) is 0.286. The summed E-state index contributed by atoms with van der Waals surface area (Å²) < 4.78 is 10.4. The van der Waals surface area contributed by atoms with Crippen molar-refractivity contribution in [2.45, 2.75) is 24.9 Å². The lowest BCUT2D eigenvalue weighted by molar-refractivity contribution is -0.0389. The molecule has 0 saturated heterocycles. The van der Waals surface area contributed by atoms with Crippen molar-refractivity contribution in [1.82, 2.24) is 4.98 Å². The zero-order valence-electron chi connectivity index (χ0n) is 15.1. The van der Waals surface area contributed by atoms with Gasteiger partial charge in [0.25, 0.3) is 0 Å². The van der Waals surface area contributed by atoms with Gasteiger partial charge in [-0.2, -0.15) is 0 Å². The van der Waals surface area contributed by atoms with Crippen LogP contribution in [-0.4, -0.2) is 30.3 Å². The van der Waals surface area contributed by atoms with Gasteiger partial charge in [-0.05, 0) is 43.0 Å². The number of benzene rings is 2. The molecular formula is C21H20ClNO4. The van der Waals surface area contributed by atoms with Gasteiger partial charge in [0, 0.05) is 28.2 Å². The number of hydrogen-bond acceptors (Lipinski definition) is 4. The van der Waals surface area contributed by atoms with E-state index in [1.807, 2.05) is 24.3 Å². The maximum Gasteiger partial charge on any atom is 0.340 e. The second-order valence-electron chi connectivity index (χ2n) is 6.87. The predicted octanol–water partition coefficient (Wildman–Crippen LogP) is 4.66. The zero-order valence-corrected chi connectivity index (χ0v) is 15.9. The molecule has 0 bridgehead atoms. The summed E-state index contributed by atoms with van der Waals surface area (Å²) in [5.41, 5.74) is 2.83. The molecule has 1 aliphatic carbocycles. The molecule has 0 spiro atoms. The molecule has 1 aliphatic rings. The number of carbonyl (C=O) groups excluding carboxylic acids is 1. The van der Waals surface area contributed by atoms with Gasteiger partial charge in [0.1, 0.15) is 5.75 Å². The number of ether oxygens (including phenoxy) is 2. The minimum absolute atomic E-state index is 0.413. The highest BCUT2D eigenvalue weighted by molar-refractivity contribution is 6.34. The summed E-state index contributed by atoms with van der Waals surface area (Å²) in [4.78, 5) is 15.1. The van der Waals surface area contributed by atoms with Gasteiger partial charge >= 0.3 is 5.97 Å². The van der Waals surface area contributed by atoms with Crippen LogP contribution in [0.15, 0.2) is 36.5 Å². The lowest BCUT2D eigenvalue weighted by Crippen LogP contribution is -2.33. The third-order valence-corrected chi connectivity index (χ3v) is 5.70. The number of hydrogen-bond donors (Lipinski definition) is 2. The molecule has 5 nitrogen and oxygen atoms in total. The monoisotopic (exact) mass is 385 g/mol. The molecule has 3 aromatic rings. The summed E-state index contributed by atoms with van der Waals surface area (Å²) in [5.74, 6) is 0.216. The van der Waals surface area contributed by atoms with Crippen molar-refractivity contribution >= 4 is 28.5 Å². The average molecular weight is 386 g/mol. The number of rotatable bonds is 4. The lowest BCUT2D eigenvalue weighted by atomic mass is 9.75. The third kappa shape index (κ3) is 2.87. The summed E-state index contributed by atoms with van der Waals surface area (Å²) in [5, 5.41) is 11.9. The Morgan fingerprint density at radius 2 is 1.96 bits per heavy atom. The van der Waals surface area contributed by atoms with Crippen molar-refractivity contribution in [2.75, 3.05) is 14.2 Å². The number of aliphatic hydroxyl groups is 1. The second-order valence-corrected chi connectivity index (χ2v) is 7.28. The van der Waals surface area contributed by atoms with Gasteiger partial charge in [-0.15, -0.1) is 0 Å². The van der Waals surface area contributed by atoms with E-state index in [1.54, 1.807) is 19.4 Å². The quantitative estimate of drug-likeness (QED) is 0.641. The van der Waals surface area contributed by atoms with E-state index in [4.69, 9.17) is 21.1 Å². The predicted molar refractivity (Wildman–Crippen MR) is 104 cm³/mol. The number of carbonyl (C=O) groups is 1. The molecule has 27 heavy (non-hydrogen) atoms. The standard InChI is InChI=1S/C21H20ClNO4/c1-26-19-8-12(21(25)6-3-7-21)4-5-13(19)14-9-15-16(20(24)27-2)11-23-18(15)10-17(14)22/h4-5,8-11,23,25H,3,6-7H2,1-2H3. The van der Waals surface area contributed by atoms with Crippen LogP contribution in [0.2, 0.25) is 5.02 Å². The fourth-order valence-electron chi connectivity index (χ4n) is 3.63. The van der Waals surface area contributed by atoms with Crippen molar-refractivity contribution < 1.29 is 19.4 Å². The fourth-order valence-corrected chi connectivity index (χ4v) is 3.90. The maximum absolute atomic E-state index is 12.0. The molecular weight excluding hydrogens is 366 g/mol. The molecule has 0 atom stereocenters. The number of fused-ring (bicyclic) bond motifs is 1. The molecule has 4 rings (SSSR count). The molecule has 0 aliphatic heterocycles. The van der Waals surface area contributed by atoms with Crippen molar-refractivity contribution in [2.24, 2.45) is 0 Å². The van der Waals surface area contributed by atoms with Gasteiger partial charge in [-0.1, -0.05) is 23.7 Å². The van der Waals surface area contributed by atoms with Crippen LogP contribution in [0.25, 0.3) is 22.0 Å². The number of halogens is 1. The first kappa shape index (κ1) is 17.9. The van der Waals surface area contributed by atoms with E-state index in [0.717, 1.165) is 46.9 Å². The number of methoxy groups -OCH3 is 2. The first-order valence-corrected chi connectivity index (χ1v) is 9.15. The highest BCUT2D eigenvalue weighted by Gasteiger charge is 2.36. The van der Waals surface area contributed by atoms with Crippen molar-refractivity contribution in [3.05, 3.63) is 52.7 Å². The summed E-state index contributed by atoms with van der Waals surface area (Å²) in [6, 6.07) is 9.33.